The molecule has 7 nitrogen and oxygen atoms in total. The molecule has 208 valence electrons. The number of benzene rings is 3. The summed E-state index contributed by atoms with van der Waals surface area (Å²) in [5.74, 6) is 0.362. The van der Waals surface area contributed by atoms with Crippen molar-refractivity contribution in [3.05, 3.63) is 114 Å². The molecule has 2 aliphatic rings. The van der Waals surface area contributed by atoms with Crippen LogP contribution in [0.4, 0.5) is 0 Å². The van der Waals surface area contributed by atoms with Crippen LogP contribution in [0.2, 0.25) is 0 Å². The van der Waals surface area contributed by atoms with Gasteiger partial charge in [-0.25, -0.2) is 9.98 Å². The van der Waals surface area contributed by atoms with Gasteiger partial charge in [-0.15, -0.1) is 0 Å². The standard InChI is InChI=1S/C34H33N3O4/c38-32(39)19-10-2-1-3-11-20-41-28-18-12-15-26(21-28)23-30-34(40)37-24-31(27-16-8-5-9-17-27)35-29(33(37)36-30)22-25-13-6-4-7-14-25/h4-9,12-18,21,23-24H,1-3,10-11,19-20,22H2,(H,38,39)/b30-23-. The number of carboxylic acid groups (broad SMARTS) is 1. The van der Waals surface area contributed by atoms with Gasteiger partial charge in [-0.3, -0.25) is 14.5 Å². The van der Waals surface area contributed by atoms with Gasteiger partial charge in [-0.2, -0.15) is 0 Å². The van der Waals surface area contributed by atoms with Crippen molar-refractivity contribution in [3.63, 3.8) is 0 Å². The fourth-order valence-electron chi connectivity index (χ4n) is 4.81. The van der Waals surface area contributed by atoms with Crippen molar-refractivity contribution in [2.75, 3.05) is 6.61 Å². The topological polar surface area (TPSA) is 91.6 Å². The number of aliphatic imine (C=N–C) groups is 2. The van der Waals surface area contributed by atoms with E-state index in [1.807, 2.05) is 84.9 Å². The molecule has 3 aromatic rings. The van der Waals surface area contributed by atoms with E-state index in [4.69, 9.17) is 19.8 Å². The van der Waals surface area contributed by atoms with Crippen molar-refractivity contribution in [3.8, 4) is 5.75 Å². The van der Waals surface area contributed by atoms with Gasteiger partial charge < -0.3 is 9.84 Å². The molecular weight excluding hydrogens is 514 g/mol. The van der Waals surface area contributed by atoms with Crippen LogP contribution in [0, 0.1) is 0 Å². The van der Waals surface area contributed by atoms with E-state index >= 15 is 0 Å². The summed E-state index contributed by atoms with van der Waals surface area (Å²) in [6, 6.07) is 27.6. The Kier molecular flexibility index (Phi) is 9.16. The fourth-order valence-corrected chi connectivity index (χ4v) is 4.81. The summed E-state index contributed by atoms with van der Waals surface area (Å²) in [6.07, 6.45) is 8.89. The Morgan fingerprint density at radius 2 is 1.59 bits per heavy atom. The Bertz CT molecular complexity index is 1510. The monoisotopic (exact) mass is 547 g/mol. The highest BCUT2D eigenvalue weighted by Crippen LogP contribution is 2.29. The number of amides is 1. The van der Waals surface area contributed by atoms with Crippen LogP contribution in [-0.4, -0.2) is 40.0 Å². The molecule has 3 aromatic carbocycles. The Labute approximate surface area is 240 Å². The van der Waals surface area contributed by atoms with Crippen LogP contribution in [0.25, 0.3) is 11.8 Å². The van der Waals surface area contributed by atoms with E-state index in [0.717, 1.165) is 66.0 Å². The second-order valence-corrected chi connectivity index (χ2v) is 10.1. The van der Waals surface area contributed by atoms with Crippen molar-refractivity contribution < 1.29 is 19.4 Å². The summed E-state index contributed by atoms with van der Waals surface area (Å²) < 4.78 is 5.94. The zero-order chi connectivity index (χ0) is 28.4. The lowest BCUT2D eigenvalue weighted by molar-refractivity contribution is -0.137. The third-order valence-corrected chi connectivity index (χ3v) is 6.91. The number of nitrogens with zero attached hydrogens (tertiary/aromatic N) is 3. The maximum absolute atomic E-state index is 13.5. The van der Waals surface area contributed by atoms with E-state index < -0.39 is 5.97 Å². The van der Waals surface area contributed by atoms with Gasteiger partial charge in [0.15, 0.2) is 5.84 Å². The SMILES string of the molecule is O=C(O)CCCCCCCOc1cccc(/C=C2\N=C3C(Cc4ccccc4)=NC(c4ccccc4)=CN3C2=O)c1. The number of ether oxygens (including phenoxy) is 1. The lowest BCUT2D eigenvalue weighted by atomic mass is 10.1. The molecule has 0 aromatic heterocycles. The third kappa shape index (κ3) is 7.45. The number of carboxylic acids is 1. The largest absolute Gasteiger partial charge is 0.494 e. The number of carbonyl (C=O) groups excluding carboxylic acids is 1. The number of amidine groups is 1. The van der Waals surface area contributed by atoms with E-state index in [0.29, 0.717) is 24.6 Å². The van der Waals surface area contributed by atoms with Gasteiger partial charge in [0.1, 0.15) is 11.4 Å². The summed E-state index contributed by atoms with van der Waals surface area (Å²) >= 11 is 0. The minimum atomic E-state index is -0.737. The van der Waals surface area contributed by atoms with Crippen LogP contribution in [0.5, 0.6) is 5.75 Å². The summed E-state index contributed by atoms with van der Waals surface area (Å²) in [6.45, 7) is 0.584. The van der Waals surface area contributed by atoms with Gasteiger partial charge in [0, 0.05) is 24.6 Å². The van der Waals surface area contributed by atoms with Crippen molar-refractivity contribution in [2.45, 2.75) is 44.9 Å². The molecule has 7 heteroatoms. The van der Waals surface area contributed by atoms with Gasteiger partial charge in [-0.1, -0.05) is 92.1 Å². The van der Waals surface area contributed by atoms with Gasteiger partial charge in [0.25, 0.3) is 5.91 Å². The molecule has 1 amide bonds. The second-order valence-electron chi connectivity index (χ2n) is 10.1. The minimum Gasteiger partial charge on any atom is -0.494 e. The number of unbranched alkanes of at least 4 members (excludes halogenated alkanes) is 4. The Morgan fingerprint density at radius 1 is 0.854 bits per heavy atom. The summed E-state index contributed by atoms with van der Waals surface area (Å²) in [7, 11) is 0. The molecule has 2 heterocycles. The van der Waals surface area contributed by atoms with Crippen molar-refractivity contribution in [1.82, 2.24) is 4.90 Å². The van der Waals surface area contributed by atoms with E-state index in [9.17, 15) is 9.59 Å². The Hall–Kier alpha value is -4.78. The molecule has 1 N–H and O–H groups in total. The first kappa shape index (κ1) is 27.8. The summed E-state index contributed by atoms with van der Waals surface area (Å²) in [5.41, 5.74) is 4.68. The molecule has 0 bridgehead atoms. The van der Waals surface area contributed by atoms with Crippen molar-refractivity contribution in [2.24, 2.45) is 9.98 Å². The molecule has 0 aliphatic carbocycles. The predicted octanol–water partition coefficient (Wildman–Crippen LogP) is 6.77. The van der Waals surface area contributed by atoms with E-state index in [1.54, 1.807) is 17.2 Å². The molecule has 0 atom stereocenters. The molecule has 0 radical (unpaired) electrons. The van der Waals surface area contributed by atoms with E-state index in [-0.39, 0.29) is 12.3 Å². The Balaban J connectivity index is 1.29. The first-order chi connectivity index (χ1) is 20.1. The number of rotatable bonds is 13. The number of hydrogen-bond acceptors (Lipinski definition) is 5. The summed E-state index contributed by atoms with van der Waals surface area (Å²) in [5, 5.41) is 8.72. The zero-order valence-corrected chi connectivity index (χ0v) is 22.9. The number of fused-ring (bicyclic) bond motifs is 1. The molecule has 0 unspecified atom stereocenters. The highest BCUT2D eigenvalue weighted by atomic mass is 16.5. The van der Waals surface area contributed by atoms with Crippen molar-refractivity contribution >= 4 is 35.2 Å². The number of aliphatic carboxylic acids is 1. The highest BCUT2D eigenvalue weighted by molar-refractivity contribution is 6.48. The predicted molar refractivity (Wildman–Crippen MR) is 162 cm³/mol. The lowest BCUT2D eigenvalue weighted by Gasteiger charge is -2.21. The second kappa shape index (κ2) is 13.5. The molecule has 2 aliphatic heterocycles. The first-order valence-corrected chi connectivity index (χ1v) is 14.0. The average molecular weight is 548 g/mol. The zero-order valence-electron chi connectivity index (χ0n) is 22.9. The number of carbonyl (C=O) groups is 2. The summed E-state index contributed by atoms with van der Waals surface area (Å²) in [4.78, 5) is 35.4. The molecule has 41 heavy (non-hydrogen) atoms. The molecule has 0 fully saturated rings. The number of hydrogen-bond donors (Lipinski definition) is 1. The fraction of sp³-hybridized carbons (Fsp3) is 0.235. The van der Waals surface area contributed by atoms with Crippen LogP contribution in [-0.2, 0) is 16.0 Å². The molecular formula is C34H33N3O4. The maximum Gasteiger partial charge on any atom is 0.303 e. The minimum absolute atomic E-state index is 0.192. The first-order valence-electron chi connectivity index (χ1n) is 14.0. The van der Waals surface area contributed by atoms with E-state index in [1.165, 1.54) is 0 Å². The van der Waals surface area contributed by atoms with Gasteiger partial charge in [0.2, 0.25) is 0 Å². The molecule has 0 spiro atoms. The van der Waals surface area contributed by atoms with Crippen LogP contribution >= 0.6 is 0 Å². The van der Waals surface area contributed by atoms with Gasteiger partial charge in [0.05, 0.1) is 18.0 Å². The third-order valence-electron chi connectivity index (χ3n) is 6.91. The van der Waals surface area contributed by atoms with E-state index in [2.05, 4.69) is 0 Å². The molecule has 5 rings (SSSR count). The van der Waals surface area contributed by atoms with Crippen LogP contribution in [0.3, 0.4) is 0 Å². The molecule has 0 saturated carbocycles. The maximum atomic E-state index is 13.5. The van der Waals surface area contributed by atoms with Crippen LogP contribution in [0.15, 0.2) is 107 Å². The lowest BCUT2D eigenvalue weighted by Crippen LogP contribution is -2.36. The Morgan fingerprint density at radius 3 is 2.37 bits per heavy atom. The smallest absolute Gasteiger partial charge is 0.303 e. The van der Waals surface area contributed by atoms with Gasteiger partial charge in [-0.05, 0) is 42.2 Å². The quantitative estimate of drug-likeness (QED) is 0.189. The normalized spacial score (nSPS) is 15.3. The average Bonchev–Trinajstić information content (AvgIpc) is 3.30. The van der Waals surface area contributed by atoms with Crippen LogP contribution < -0.4 is 4.74 Å². The molecule has 0 saturated heterocycles. The van der Waals surface area contributed by atoms with Crippen LogP contribution in [0.1, 0.15) is 55.2 Å². The van der Waals surface area contributed by atoms with Crippen molar-refractivity contribution in [1.29, 1.82) is 0 Å². The van der Waals surface area contributed by atoms with Gasteiger partial charge >= 0.3 is 5.97 Å². The highest BCUT2D eigenvalue weighted by Gasteiger charge is 2.35.